The number of rotatable bonds is 9. The van der Waals surface area contributed by atoms with Crippen LogP contribution in [0.5, 0.6) is 5.88 Å². The quantitative estimate of drug-likeness (QED) is 0.183. The topological polar surface area (TPSA) is 133 Å². The van der Waals surface area contributed by atoms with E-state index in [0.717, 1.165) is 60.3 Å². The highest BCUT2D eigenvalue weighted by Crippen LogP contribution is 2.29. The van der Waals surface area contributed by atoms with Crippen LogP contribution in [-0.2, 0) is 10.0 Å². The van der Waals surface area contributed by atoms with E-state index in [9.17, 15) is 23.1 Å². The van der Waals surface area contributed by atoms with Crippen LogP contribution in [-0.4, -0.2) is 55.2 Å². The molecule has 1 aliphatic rings. The van der Waals surface area contributed by atoms with Crippen molar-refractivity contribution in [1.82, 2.24) is 14.2 Å². The SMILES string of the molecule is O=C(Nc1ccc(-n2c(O)c3ccc(NCCCN4CCCCC4)cc3cc2=O)c(F)c1)NS(=O)(=O)c1ccc(Cl)s1. The van der Waals surface area contributed by atoms with Crippen molar-refractivity contribution in [3.05, 3.63) is 75.1 Å². The van der Waals surface area contributed by atoms with Gasteiger partial charge in [0.05, 0.1) is 10.0 Å². The Hall–Kier alpha value is -3.65. The fourth-order valence-corrected chi connectivity index (χ4v) is 7.30. The van der Waals surface area contributed by atoms with E-state index in [1.807, 2.05) is 4.72 Å². The molecular weight excluding hydrogens is 605 g/mol. The van der Waals surface area contributed by atoms with Gasteiger partial charge in [-0.25, -0.2) is 26.9 Å². The molecule has 222 valence electrons. The number of aromatic hydroxyl groups is 1. The van der Waals surface area contributed by atoms with Crippen molar-refractivity contribution >= 4 is 61.1 Å². The standard InChI is InChI=1S/C28H29ClFN5O5S2/c29-24-9-10-26(41-24)42(39,40)33-28(38)32-20-6-8-23(22(30)17-20)35-25(36)16-18-15-19(5-7-21(18)27(35)37)31-11-4-14-34-12-2-1-3-13-34/h5-10,15-17,31,37H,1-4,11-14H2,(H2,32,33,38). The maximum Gasteiger partial charge on any atom is 0.333 e. The number of halogens is 2. The number of likely N-dealkylation sites (tertiary alicyclic amines) is 1. The number of nitrogens with zero attached hydrogens (tertiary/aromatic N) is 2. The lowest BCUT2D eigenvalue weighted by atomic mass is 10.1. The summed E-state index contributed by atoms with van der Waals surface area (Å²) in [5.74, 6) is -1.36. The zero-order valence-electron chi connectivity index (χ0n) is 22.4. The van der Waals surface area contributed by atoms with Gasteiger partial charge >= 0.3 is 6.03 Å². The summed E-state index contributed by atoms with van der Waals surface area (Å²) >= 11 is 6.53. The van der Waals surface area contributed by atoms with Gasteiger partial charge in [-0.15, -0.1) is 11.3 Å². The van der Waals surface area contributed by atoms with Gasteiger partial charge in [-0.3, -0.25) is 4.79 Å². The molecule has 0 spiro atoms. The number of urea groups is 1. The molecule has 3 heterocycles. The van der Waals surface area contributed by atoms with Gasteiger partial charge in [-0.2, -0.15) is 0 Å². The van der Waals surface area contributed by atoms with E-state index in [-0.39, 0.29) is 19.9 Å². The van der Waals surface area contributed by atoms with E-state index < -0.39 is 33.3 Å². The van der Waals surface area contributed by atoms with E-state index in [1.54, 1.807) is 18.2 Å². The van der Waals surface area contributed by atoms with Crippen molar-refractivity contribution in [2.75, 3.05) is 36.8 Å². The Labute approximate surface area is 250 Å². The highest BCUT2D eigenvalue weighted by atomic mass is 35.5. The highest BCUT2D eigenvalue weighted by Gasteiger charge is 2.21. The Balaban J connectivity index is 1.27. The molecule has 42 heavy (non-hydrogen) atoms. The molecule has 0 unspecified atom stereocenters. The first kappa shape index (κ1) is 29.8. The number of aromatic nitrogens is 1. The van der Waals surface area contributed by atoms with E-state index in [1.165, 1.54) is 49.6 Å². The minimum absolute atomic E-state index is 0.0718. The molecular formula is C28H29ClFN5O5S2. The third kappa shape index (κ3) is 6.86. The Morgan fingerprint density at radius 2 is 1.79 bits per heavy atom. The first-order valence-electron chi connectivity index (χ1n) is 13.3. The van der Waals surface area contributed by atoms with Gasteiger partial charge in [0.2, 0.25) is 5.88 Å². The Bertz CT molecular complexity index is 1790. The second kappa shape index (κ2) is 12.7. The first-order valence-corrected chi connectivity index (χ1v) is 16.0. The van der Waals surface area contributed by atoms with Crippen molar-refractivity contribution in [3.63, 3.8) is 0 Å². The lowest BCUT2D eigenvalue weighted by molar-refractivity contribution is 0.228. The lowest BCUT2D eigenvalue weighted by Crippen LogP contribution is -2.34. The van der Waals surface area contributed by atoms with Gasteiger partial charge in [0.1, 0.15) is 10.0 Å². The van der Waals surface area contributed by atoms with E-state index in [4.69, 9.17) is 11.6 Å². The smallest absolute Gasteiger partial charge is 0.333 e. The number of hydrogen-bond acceptors (Lipinski definition) is 8. The normalized spacial score (nSPS) is 14.1. The van der Waals surface area contributed by atoms with Crippen LogP contribution >= 0.6 is 22.9 Å². The molecule has 0 atom stereocenters. The minimum Gasteiger partial charge on any atom is -0.494 e. The van der Waals surface area contributed by atoms with Crippen molar-refractivity contribution in [3.8, 4) is 11.6 Å². The number of anilines is 2. The number of nitrogens with one attached hydrogen (secondary N) is 3. The largest absolute Gasteiger partial charge is 0.494 e. The monoisotopic (exact) mass is 633 g/mol. The van der Waals surface area contributed by atoms with Crippen molar-refractivity contribution < 1.29 is 22.7 Å². The average Bonchev–Trinajstić information content (AvgIpc) is 3.40. The van der Waals surface area contributed by atoms with Gasteiger partial charge in [-0.05, 0) is 92.8 Å². The summed E-state index contributed by atoms with van der Waals surface area (Å²) < 4.78 is 42.5. The number of amides is 2. The van der Waals surface area contributed by atoms with Crippen LogP contribution < -0.4 is 20.9 Å². The summed E-state index contributed by atoms with van der Waals surface area (Å²) in [6, 6.07) is 11.4. The van der Waals surface area contributed by atoms with Gasteiger partial charge < -0.3 is 20.6 Å². The van der Waals surface area contributed by atoms with Gasteiger partial charge in [0.15, 0.2) is 0 Å². The van der Waals surface area contributed by atoms with Gasteiger partial charge in [0, 0.05) is 29.4 Å². The molecule has 0 saturated carbocycles. The predicted octanol–water partition coefficient (Wildman–Crippen LogP) is 5.35. The Morgan fingerprint density at radius 1 is 1.02 bits per heavy atom. The molecule has 0 aliphatic carbocycles. The molecule has 4 N–H and O–H groups in total. The van der Waals surface area contributed by atoms with Crippen LogP contribution in [0.25, 0.3) is 16.5 Å². The summed E-state index contributed by atoms with van der Waals surface area (Å²) in [4.78, 5) is 27.7. The number of carbonyl (C=O) groups is 1. The van der Waals surface area contributed by atoms with Crippen LogP contribution in [0, 0.1) is 5.82 Å². The maximum atomic E-state index is 15.1. The third-order valence-corrected chi connectivity index (χ3v) is 9.97. The molecule has 2 amide bonds. The summed E-state index contributed by atoms with van der Waals surface area (Å²) in [6.07, 6.45) is 4.78. The van der Waals surface area contributed by atoms with E-state index in [2.05, 4.69) is 15.5 Å². The second-order valence-electron chi connectivity index (χ2n) is 9.91. The van der Waals surface area contributed by atoms with Crippen LogP contribution in [0.1, 0.15) is 25.7 Å². The van der Waals surface area contributed by atoms with Gasteiger partial charge in [-0.1, -0.05) is 18.0 Å². The molecule has 5 rings (SSSR count). The lowest BCUT2D eigenvalue weighted by Gasteiger charge is -2.26. The summed E-state index contributed by atoms with van der Waals surface area (Å²) in [5.41, 5.74) is -0.161. The van der Waals surface area contributed by atoms with E-state index in [0.29, 0.717) is 10.8 Å². The molecule has 2 aromatic heterocycles. The number of piperidine rings is 1. The van der Waals surface area contributed by atoms with Crippen molar-refractivity contribution in [2.45, 2.75) is 29.9 Å². The third-order valence-electron chi connectivity index (χ3n) is 6.92. The Morgan fingerprint density at radius 3 is 2.50 bits per heavy atom. The number of pyridine rings is 1. The molecule has 1 fully saturated rings. The fourth-order valence-electron chi connectivity index (χ4n) is 4.91. The number of benzene rings is 2. The zero-order valence-corrected chi connectivity index (χ0v) is 24.8. The average molecular weight is 634 g/mol. The number of sulfonamides is 1. The first-order chi connectivity index (χ1) is 20.1. The number of hydrogen-bond donors (Lipinski definition) is 4. The van der Waals surface area contributed by atoms with Crippen molar-refractivity contribution in [2.24, 2.45) is 0 Å². The Kier molecular flexibility index (Phi) is 9.02. The summed E-state index contributed by atoms with van der Waals surface area (Å²) in [7, 11) is -4.17. The predicted molar refractivity (Wildman–Crippen MR) is 163 cm³/mol. The molecule has 14 heteroatoms. The fraction of sp³-hybridized carbons (Fsp3) is 0.286. The second-order valence-corrected chi connectivity index (χ2v) is 13.5. The number of carbonyl (C=O) groups excluding carboxylic acids is 1. The van der Waals surface area contributed by atoms with Crippen LogP contribution in [0.3, 0.4) is 0 Å². The molecule has 2 aromatic carbocycles. The van der Waals surface area contributed by atoms with E-state index >= 15 is 4.39 Å². The molecule has 10 nitrogen and oxygen atoms in total. The molecule has 1 aliphatic heterocycles. The van der Waals surface area contributed by atoms with Crippen LogP contribution in [0.2, 0.25) is 4.34 Å². The van der Waals surface area contributed by atoms with Gasteiger partial charge in [0.25, 0.3) is 15.6 Å². The molecule has 0 radical (unpaired) electrons. The molecule has 0 bridgehead atoms. The molecule has 1 saturated heterocycles. The minimum atomic E-state index is -4.17. The molecule has 4 aromatic rings. The zero-order chi connectivity index (χ0) is 29.9. The maximum absolute atomic E-state index is 15.1. The van der Waals surface area contributed by atoms with Crippen LogP contribution in [0.15, 0.2) is 63.6 Å². The number of fused-ring (bicyclic) bond motifs is 1. The van der Waals surface area contributed by atoms with Crippen LogP contribution in [0.4, 0.5) is 20.6 Å². The highest BCUT2D eigenvalue weighted by molar-refractivity contribution is 7.92. The van der Waals surface area contributed by atoms with Crippen molar-refractivity contribution in [1.29, 1.82) is 0 Å². The summed E-state index contributed by atoms with van der Waals surface area (Å²) in [5, 5.41) is 17.4. The number of thiophene rings is 1. The summed E-state index contributed by atoms with van der Waals surface area (Å²) in [6.45, 7) is 4.09.